The lowest BCUT2D eigenvalue weighted by molar-refractivity contribution is -0.150. The summed E-state index contributed by atoms with van der Waals surface area (Å²) in [6.07, 6.45) is 0.645. The number of amides is 2. The Hall–Kier alpha value is -1.10. The molecule has 1 fully saturated rings. The lowest BCUT2D eigenvalue weighted by Gasteiger charge is -2.31. The van der Waals surface area contributed by atoms with Gasteiger partial charge in [-0.2, -0.15) is 0 Å². The first-order chi connectivity index (χ1) is 9.04. The number of carbonyl (C=O) groups is 2. The molecule has 1 unspecified atom stereocenters. The molecular formula is C13H14Cl2N2O2. The molecule has 102 valence electrons. The van der Waals surface area contributed by atoms with Crippen molar-refractivity contribution in [3.05, 3.63) is 33.8 Å². The topological polar surface area (TPSA) is 49.4 Å². The highest BCUT2D eigenvalue weighted by Crippen LogP contribution is 2.27. The zero-order chi connectivity index (χ0) is 14.0. The second kappa shape index (κ2) is 5.90. The van der Waals surface area contributed by atoms with E-state index in [2.05, 4.69) is 5.32 Å². The molecule has 2 rings (SSSR count). The highest BCUT2D eigenvalue weighted by Gasteiger charge is 2.33. The van der Waals surface area contributed by atoms with Crippen molar-refractivity contribution in [3.8, 4) is 0 Å². The van der Waals surface area contributed by atoms with Gasteiger partial charge in [0.1, 0.15) is 0 Å². The SMILES string of the molecule is CCC1NCC(=O)N(Cc2cccc(Cl)c2Cl)C1=O. The molecule has 0 radical (unpaired) electrons. The molecule has 0 bridgehead atoms. The maximum Gasteiger partial charge on any atom is 0.246 e. The zero-order valence-electron chi connectivity index (χ0n) is 10.5. The Morgan fingerprint density at radius 3 is 2.79 bits per heavy atom. The van der Waals surface area contributed by atoms with Gasteiger partial charge in [0, 0.05) is 0 Å². The number of imide groups is 1. The van der Waals surface area contributed by atoms with E-state index >= 15 is 0 Å². The summed E-state index contributed by atoms with van der Waals surface area (Å²) in [4.78, 5) is 25.2. The summed E-state index contributed by atoms with van der Waals surface area (Å²) in [6.45, 7) is 2.23. The fourth-order valence-electron chi connectivity index (χ4n) is 2.03. The van der Waals surface area contributed by atoms with E-state index in [1.54, 1.807) is 18.2 Å². The molecular weight excluding hydrogens is 287 g/mol. The summed E-state index contributed by atoms with van der Waals surface area (Å²) in [5.41, 5.74) is 0.674. The molecule has 1 aromatic carbocycles. The molecule has 1 aliphatic heterocycles. The third-order valence-corrected chi connectivity index (χ3v) is 3.99. The molecule has 1 heterocycles. The van der Waals surface area contributed by atoms with Crippen LogP contribution in [0.1, 0.15) is 18.9 Å². The number of piperazine rings is 1. The zero-order valence-corrected chi connectivity index (χ0v) is 12.0. The van der Waals surface area contributed by atoms with E-state index < -0.39 is 0 Å². The second-order valence-electron chi connectivity index (χ2n) is 4.37. The number of halogens is 2. The molecule has 0 aliphatic carbocycles. The number of nitrogens with zero attached hydrogens (tertiary/aromatic N) is 1. The van der Waals surface area contributed by atoms with Gasteiger partial charge >= 0.3 is 0 Å². The Balaban J connectivity index is 2.23. The normalized spacial score (nSPS) is 19.9. The van der Waals surface area contributed by atoms with E-state index in [1.807, 2.05) is 6.92 Å². The summed E-state index contributed by atoms with van der Waals surface area (Å²) in [5.74, 6) is -0.458. The van der Waals surface area contributed by atoms with Gasteiger partial charge in [-0.05, 0) is 18.1 Å². The van der Waals surface area contributed by atoms with Gasteiger partial charge in [0.2, 0.25) is 11.8 Å². The van der Waals surface area contributed by atoms with E-state index in [9.17, 15) is 9.59 Å². The first kappa shape index (κ1) is 14.3. The largest absolute Gasteiger partial charge is 0.297 e. The molecule has 1 aromatic rings. The molecule has 2 amide bonds. The monoisotopic (exact) mass is 300 g/mol. The van der Waals surface area contributed by atoms with E-state index in [-0.39, 0.29) is 30.9 Å². The Kier molecular flexibility index (Phi) is 4.45. The van der Waals surface area contributed by atoms with Crippen LogP contribution in [0.5, 0.6) is 0 Å². The maximum absolute atomic E-state index is 12.1. The minimum absolute atomic E-state index is 0.162. The van der Waals surface area contributed by atoms with Gasteiger partial charge in [0.05, 0.1) is 29.2 Å². The first-order valence-electron chi connectivity index (χ1n) is 6.05. The minimum Gasteiger partial charge on any atom is -0.297 e. The summed E-state index contributed by atoms with van der Waals surface area (Å²) in [5, 5.41) is 3.71. The predicted octanol–water partition coefficient (Wildman–Crippen LogP) is 2.23. The van der Waals surface area contributed by atoms with Gasteiger partial charge in [0.25, 0.3) is 0 Å². The molecule has 6 heteroatoms. The van der Waals surface area contributed by atoms with Crippen LogP contribution in [0.25, 0.3) is 0 Å². The molecule has 1 aliphatic rings. The fraction of sp³-hybridized carbons (Fsp3) is 0.385. The third kappa shape index (κ3) is 2.91. The van der Waals surface area contributed by atoms with Gasteiger partial charge in [-0.3, -0.25) is 19.8 Å². The molecule has 1 N–H and O–H groups in total. The molecule has 0 saturated carbocycles. The summed E-state index contributed by atoms with van der Waals surface area (Å²) in [6, 6.07) is 4.87. The molecule has 0 spiro atoms. The summed E-state index contributed by atoms with van der Waals surface area (Å²) in [7, 11) is 0. The van der Waals surface area contributed by atoms with Gasteiger partial charge in [-0.1, -0.05) is 42.3 Å². The average Bonchev–Trinajstić information content (AvgIpc) is 2.39. The number of hydrogen-bond donors (Lipinski definition) is 1. The van der Waals surface area contributed by atoms with Gasteiger partial charge in [-0.15, -0.1) is 0 Å². The van der Waals surface area contributed by atoms with E-state index in [0.717, 1.165) is 0 Å². The van der Waals surface area contributed by atoms with E-state index in [1.165, 1.54) is 4.90 Å². The first-order valence-corrected chi connectivity index (χ1v) is 6.80. The van der Waals surface area contributed by atoms with Crippen LogP contribution in [0.15, 0.2) is 18.2 Å². The fourth-order valence-corrected chi connectivity index (χ4v) is 2.41. The van der Waals surface area contributed by atoms with Crippen LogP contribution in [0, 0.1) is 0 Å². The Morgan fingerprint density at radius 1 is 1.37 bits per heavy atom. The average molecular weight is 301 g/mol. The summed E-state index contributed by atoms with van der Waals surface area (Å²) >= 11 is 12.0. The number of rotatable bonds is 3. The minimum atomic E-state index is -0.310. The van der Waals surface area contributed by atoms with Crippen molar-refractivity contribution in [2.75, 3.05) is 6.54 Å². The van der Waals surface area contributed by atoms with Gasteiger partial charge in [0.15, 0.2) is 0 Å². The molecule has 19 heavy (non-hydrogen) atoms. The second-order valence-corrected chi connectivity index (χ2v) is 5.16. The Morgan fingerprint density at radius 2 is 2.11 bits per heavy atom. The highest BCUT2D eigenvalue weighted by atomic mass is 35.5. The van der Waals surface area contributed by atoms with Crippen LogP contribution in [0.4, 0.5) is 0 Å². The van der Waals surface area contributed by atoms with E-state index in [4.69, 9.17) is 23.2 Å². The molecule has 0 aromatic heterocycles. The van der Waals surface area contributed by atoms with Gasteiger partial charge in [-0.25, -0.2) is 0 Å². The maximum atomic E-state index is 12.1. The van der Waals surface area contributed by atoms with Crippen molar-refractivity contribution in [3.63, 3.8) is 0 Å². The van der Waals surface area contributed by atoms with E-state index in [0.29, 0.717) is 22.0 Å². The standard InChI is InChI=1S/C13H14Cl2N2O2/c1-2-10-13(19)17(11(18)6-16-10)7-8-4-3-5-9(14)12(8)15/h3-5,10,16H,2,6-7H2,1H3. The summed E-state index contributed by atoms with van der Waals surface area (Å²) < 4.78 is 0. The van der Waals surface area contributed by atoms with Crippen molar-refractivity contribution in [2.45, 2.75) is 25.9 Å². The quantitative estimate of drug-likeness (QED) is 0.871. The lowest BCUT2D eigenvalue weighted by Crippen LogP contribution is -2.57. The van der Waals surface area contributed by atoms with Crippen LogP contribution in [-0.4, -0.2) is 29.3 Å². The van der Waals surface area contributed by atoms with Gasteiger partial charge < -0.3 is 0 Å². The smallest absolute Gasteiger partial charge is 0.246 e. The number of nitrogens with one attached hydrogen (secondary N) is 1. The number of hydrogen-bond acceptors (Lipinski definition) is 3. The van der Waals surface area contributed by atoms with Crippen molar-refractivity contribution in [2.24, 2.45) is 0 Å². The van der Waals surface area contributed by atoms with Crippen LogP contribution in [0.3, 0.4) is 0 Å². The predicted molar refractivity (Wildman–Crippen MR) is 74.1 cm³/mol. The van der Waals surface area contributed by atoms with Crippen molar-refractivity contribution in [1.29, 1.82) is 0 Å². The molecule has 1 atom stereocenters. The van der Waals surface area contributed by atoms with Crippen molar-refractivity contribution in [1.82, 2.24) is 10.2 Å². The molecule has 4 nitrogen and oxygen atoms in total. The van der Waals surface area contributed by atoms with Crippen LogP contribution in [-0.2, 0) is 16.1 Å². The van der Waals surface area contributed by atoms with Crippen LogP contribution >= 0.6 is 23.2 Å². The third-order valence-electron chi connectivity index (χ3n) is 3.13. The Bertz CT molecular complexity index is 519. The Labute approximate surface area is 121 Å². The van der Waals surface area contributed by atoms with Crippen LogP contribution in [0.2, 0.25) is 10.0 Å². The molecule has 1 saturated heterocycles. The number of benzene rings is 1. The number of carbonyl (C=O) groups excluding carboxylic acids is 2. The van der Waals surface area contributed by atoms with Crippen molar-refractivity contribution >= 4 is 35.0 Å². The van der Waals surface area contributed by atoms with Crippen LogP contribution < -0.4 is 5.32 Å². The van der Waals surface area contributed by atoms with Crippen molar-refractivity contribution < 1.29 is 9.59 Å². The lowest BCUT2D eigenvalue weighted by atomic mass is 10.1. The highest BCUT2D eigenvalue weighted by molar-refractivity contribution is 6.42.